The molecule has 18 heavy (non-hydrogen) atoms. The molecule has 1 aliphatic rings. The number of thioether (sulfide) groups is 1. The lowest BCUT2D eigenvalue weighted by atomic mass is 9.95. The molecule has 0 unspecified atom stereocenters. The van der Waals surface area contributed by atoms with Crippen LogP contribution in [0.1, 0.15) is 32.1 Å². The Morgan fingerprint density at radius 2 is 2.22 bits per heavy atom. The fourth-order valence-electron chi connectivity index (χ4n) is 2.08. The molecule has 0 aliphatic heterocycles. The highest BCUT2D eigenvalue weighted by Crippen LogP contribution is 2.17. The van der Waals surface area contributed by atoms with Crippen LogP contribution in [0.25, 0.3) is 0 Å². The van der Waals surface area contributed by atoms with Gasteiger partial charge in [0.25, 0.3) is 5.56 Å². The van der Waals surface area contributed by atoms with Crippen LogP contribution in [0.4, 0.5) is 0 Å². The minimum absolute atomic E-state index is 0.0124. The molecule has 98 valence electrons. The quantitative estimate of drug-likeness (QED) is 0.637. The molecule has 0 bridgehead atoms. The summed E-state index contributed by atoms with van der Waals surface area (Å²) >= 11 is 1.25. The number of hydrogen-bond acceptors (Lipinski definition) is 4. The number of amides is 1. The summed E-state index contributed by atoms with van der Waals surface area (Å²) in [6, 6.07) is 1.68. The van der Waals surface area contributed by atoms with Gasteiger partial charge >= 0.3 is 0 Å². The normalized spacial score (nSPS) is 16.4. The number of hydrogen-bond donors (Lipinski definition) is 2. The lowest BCUT2D eigenvalue weighted by Crippen LogP contribution is -2.37. The first-order chi connectivity index (χ1) is 8.74. The van der Waals surface area contributed by atoms with Crippen LogP contribution in [0.5, 0.6) is 0 Å². The Morgan fingerprint density at radius 3 is 2.94 bits per heavy atom. The number of carbonyl (C=O) groups is 1. The summed E-state index contributed by atoms with van der Waals surface area (Å²) in [4.78, 5) is 29.3. The van der Waals surface area contributed by atoms with Crippen molar-refractivity contribution in [3.63, 3.8) is 0 Å². The Morgan fingerprint density at radius 1 is 1.44 bits per heavy atom. The van der Waals surface area contributed by atoms with Crippen molar-refractivity contribution in [3.8, 4) is 0 Å². The molecule has 1 aromatic heterocycles. The molecule has 1 saturated carbocycles. The van der Waals surface area contributed by atoms with Crippen molar-refractivity contribution in [2.75, 3.05) is 5.75 Å². The molecule has 1 aromatic rings. The first kappa shape index (κ1) is 13.1. The molecule has 1 amide bonds. The molecule has 6 heteroatoms. The number of aromatic nitrogens is 2. The first-order valence-corrected chi connectivity index (χ1v) is 7.20. The molecule has 2 rings (SSSR count). The average Bonchev–Trinajstić information content (AvgIpc) is 2.38. The van der Waals surface area contributed by atoms with Crippen LogP contribution < -0.4 is 10.9 Å². The number of H-pyrrole nitrogens is 1. The van der Waals surface area contributed by atoms with Gasteiger partial charge in [-0.3, -0.25) is 9.59 Å². The molecule has 2 N–H and O–H groups in total. The van der Waals surface area contributed by atoms with Gasteiger partial charge in [-0.1, -0.05) is 31.0 Å². The molecular formula is C12H17N3O2S. The van der Waals surface area contributed by atoms with E-state index in [9.17, 15) is 9.59 Å². The van der Waals surface area contributed by atoms with E-state index in [1.165, 1.54) is 43.3 Å². The van der Waals surface area contributed by atoms with Gasteiger partial charge in [-0.15, -0.1) is 0 Å². The molecular weight excluding hydrogens is 250 g/mol. The van der Waals surface area contributed by atoms with Gasteiger partial charge in [0.2, 0.25) is 5.91 Å². The summed E-state index contributed by atoms with van der Waals surface area (Å²) in [7, 11) is 0. The summed E-state index contributed by atoms with van der Waals surface area (Å²) in [5.41, 5.74) is -0.194. The van der Waals surface area contributed by atoms with Crippen molar-refractivity contribution in [2.24, 2.45) is 0 Å². The average molecular weight is 267 g/mol. The van der Waals surface area contributed by atoms with Gasteiger partial charge in [0.05, 0.1) is 5.75 Å². The third kappa shape index (κ3) is 4.18. The molecule has 1 fully saturated rings. The van der Waals surface area contributed by atoms with Crippen LogP contribution in [-0.4, -0.2) is 27.7 Å². The minimum Gasteiger partial charge on any atom is -0.353 e. The zero-order valence-electron chi connectivity index (χ0n) is 10.1. The number of aromatic amines is 1. The van der Waals surface area contributed by atoms with E-state index in [1.807, 2.05) is 0 Å². The first-order valence-electron chi connectivity index (χ1n) is 6.21. The van der Waals surface area contributed by atoms with Crippen molar-refractivity contribution in [2.45, 2.75) is 43.3 Å². The van der Waals surface area contributed by atoms with Crippen molar-refractivity contribution in [1.82, 2.24) is 15.3 Å². The zero-order chi connectivity index (χ0) is 12.8. The monoisotopic (exact) mass is 267 g/mol. The molecule has 0 saturated heterocycles. The Kier molecular flexibility index (Phi) is 4.81. The Hall–Kier alpha value is -1.30. The number of nitrogens with zero attached hydrogens (tertiary/aromatic N) is 1. The summed E-state index contributed by atoms with van der Waals surface area (Å²) < 4.78 is 0. The number of rotatable bonds is 4. The minimum atomic E-state index is -0.194. The van der Waals surface area contributed by atoms with Crippen LogP contribution in [0.2, 0.25) is 0 Å². The SMILES string of the molecule is O=C(CSc1nccc(=O)[nH]1)NC1CCCCC1. The number of carbonyl (C=O) groups excluding carboxylic acids is 1. The third-order valence-corrected chi connectivity index (χ3v) is 3.85. The lowest BCUT2D eigenvalue weighted by Gasteiger charge is -2.22. The van der Waals surface area contributed by atoms with Crippen molar-refractivity contribution in [1.29, 1.82) is 0 Å². The molecule has 1 aliphatic carbocycles. The van der Waals surface area contributed by atoms with Gasteiger partial charge in [0.15, 0.2) is 5.16 Å². The second-order valence-electron chi connectivity index (χ2n) is 4.43. The Balaban J connectivity index is 1.76. The van der Waals surface area contributed by atoms with Gasteiger partial charge in [-0.05, 0) is 12.8 Å². The highest BCUT2D eigenvalue weighted by atomic mass is 32.2. The summed E-state index contributed by atoms with van der Waals surface area (Å²) in [5.74, 6) is 0.308. The fraction of sp³-hybridized carbons (Fsp3) is 0.583. The topological polar surface area (TPSA) is 74.8 Å². The van der Waals surface area contributed by atoms with Crippen LogP contribution in [0.15, 0.2) is 22.2 Å². The van der Waals surface area contributed by atoms with Gasteiger partial charge < -0.3 is 10.3 Å². The number of nitrogens with one attached hydrogen (secondary N) is 2. The maximum atomic E-state index is 11.7. The summed E-state index contributed by atoms with van der Waals surface area (Å²) in [6.45, 7) is 0. The maximum Gasteiger partial charge on any atom is 0.251 e. The maximum absolute atomic E-state index is 11.7. The standard InChI is InChI=1S/C12H17N3O2S/c16-10-6-7-13-12(15-10)18-8-11(17)14-9-4-2-1-3-5-9/h6-7,9H,1-5,8H2,(H,14,17)(H,13,15,16). The highest BCUT2D eigenvalue weighted by Gasteiger charge is 2.15. The van der Waals surface area contributed by atoms with E-state index in [0.29, 0.717) is 17.0 Å². The van der Waals surface area contributed by atoms with Crippen molar-refractivity contribution < 1.29 is 4.79 Å². The van der Waals surface area contributed by atoms with E-state index in [0.717, 1.165) is 12.8 Å². The fourth-order valence-corrected chi connectivity index (χ4v) is 2.73. The van der Waals surface area contributed by atoms with Crippen molar-refractivity contribution >= 4 is 17.7 Å². The third-order valence-electron chi connectivity index (χ3n) is 2.96. The van der Waals surface area contributed by atoms with E-state index in [2.05, 4.69) is 15.3 Å². The molecule has 0 spiro atoms. The van der Waals surface area contributed by atoms with Crippen LogP contribution in [-0.2, 0) is 4.79 Å². The molecule has 0 atom stereocenters. The molecule has 5 nitrogen and oxygen atoms in total. The summed E-state index contributed by atoms with van der Waals surface area (Å²) in [5, 5.41) is 3.51. The largest absolute Gasteiger partial charge is 0.353 e. The van der Waals surface area contributed by atoms with E-state index in [1.54, 1.807) is 0 Å². The zero-order valence-corrected chi connectivity index (χ0v) is 11.0. The Labute approximate surface area is 110 Å². The highest BCUT2D eigenvalue weighted by molar-refractivity contribution is 7.99. The Bertz CT molecular complexity index is 455. The lowest BCUT2D eigenvalue weighted by molar-refractivity contribution is -0.119. The predicted octanol–water partition coefficient (Wildman–Crippen LogP) is 1.31. The smallest absolute Gasteiger partial charge is 0.251 e. The molecule has 0 radical (unpaired) electrons. The van der Waals surface area contributed by atoms with E-state index in [-0.39, 0.29) is 11.5 Å². The molecule has 0 aromatic carbocycles. The summed E-state index contributed by atoms with van der Waals surface area (Å²) in [6.07, 6.45) is 7.28. The second-order valence-corrected chi connectivity index (χ2v) is 5.39. The van der Waals surface area contributed by atoms with Crippen LogP contribution in [0.3, 0.4) is 0 Å². The van der Waals surface area contributed by atoms with Crippen LogP contribution >= 0.6 is 11.8 Å². The van der Waals surface area contributed by atoms with Gasteiger partial charge in [-0.25, -0.2) is 4.98 Å². The van der Waals surface area contributed by atoms with E-state index in [4.69, 9.17) is 0 Å². The van der Waals surface area contributed by atoms with E-state index < -0.39 is 0 Å². The second kappa shape index (κ2) is 6.58. The van der Waals surface area contributed by atoms with Crippen LogP contribution in [0, 0.1) is 0 Å². The van der Waals surface area contributed by atoms with Gasteiger partial charge in [0.1, 0.15) is 0 Å². The van der Waals surface area contributed by atoms with Gasteiger partial charge in [-0.2, -0.15) is 0 Å². The van der Waals surface area contributed by atoms with E-state index >= 15 is 0 Å². The van der Waals surface area contributed by atoms with Gasteiger partial charge in [0, 0.05) is 18.3 Å². The molecule has 1 heterocycles. The van der Waals surface area contributed by atoms with Crippen molar-refractivity contribution in [3.05, 3.63) is 22.6 Å². The predicted molar refractivity (Wildman–Crippen MR) is 70.6 cm³/mol.